The number of hydrogen-bond donors (Lipinski definition) is 1. The first-order valence-corrected chi connectivity index (χ1v) is 15.3. The van der Waals surface area contributed by atoms with Crippen LogP contribution in [0.1, 0.15) is 48.8 Å². The number of nitrogens with one attached hydrogen (secondary N) is 1. The van der Waals surface area contributed by atoms with E-state index in [2.05, 4.69) is 43.4 Å². The Labute approximate surface area is 237 Å². The van der Waals surface area contributed by atoms with Crippen LogP contribution in [0.25, 0.3) is 10.2 Å². The van der Waals surface area contributed by atoms with Crippen molar-refractivity contribution in [1.29, 1.82) is 0 Å². The Bertz CT molecular complexity index is 1500. The number of benzene rings is 2. The third-order valence-electron chi connectivity index (χ3n) is 7.07. The van der Waals surface area contributed by atoms with Crippen molar-refractivity contribution < 1.29 is 9.53 Å². The second-order valence-corrected chi connectivity index (χ2v) is 12.8. The van der Waals surface area contributed by atoms with Gasteiger partial charge in [0.2, 0.25) is 5.91 Å². The van der Waals surface area contributed by atoms with Gasteiger partial charge in [-0.05, 0) is 56.7 Å². The molecule has 4 aromatic rings. The summed E-state index contributed by atoms with van der Waals surface area (Å²) in [4.78, 5) is 33.5. The molecule has 5 rings (SSSR count). The maximum atomic E-state index is 13.9. The summed E-state index contributed by atoms with van der Waals surface area (Å²) in [5.41, 5.74) is 3.15. The Morgan fingerprint density at radius 2 is 1.77 bits per heavy atom. The number of rotatable bonds is 10. The second-order valence-electron chi connectivity index (χ2n) is 10.8. The fourth-order valence-electron chi connectivity index (χ4n) is 4.95. The number of carbonyl (C=O) groups is 1. The predicted octanol–water partition coefficient (Wildman–Crippen LogP) is 5.78. The summed E-state index contributed by atoms with van der Waals surface area (Å²) in [6.45, 7) is 7.16. The monoisotopic (exact) mass is 561 g/mol. The van der Waals surface area contributed by atoms with Crippen LogP contribution < -0.4 is 10.9 Å². The molecule has 6 nitrogen and oxygen atoms in total. The average molecular weight is 562 g/mol. The van der Waals surface area contributed by atoms with Gasteiger partial charge < -0.3 is 10.1 Å². The molecular formula is C31H35N3O3S2. The van der Waals surface area contributed by atoms with Gasteiger partial charge in [-0.3, -0.25) is 14.2 Å². The van der Waals surface area contributed by atoms with E-state index in [9.17, 15) is 9.59 Å². The molecule has 0 unspecified atom stereocenters. The van der Waals surface area contributed by atoms with Gasteiger partial charge in [0.1, 0.15) is 4.83 Å². The molecule has 1 aliphatic rings. The molecule has 0 saturated heterocycles. The van der Waals surface area contributed by atoms with Crippen molar-refractivity contribution in [2.24, 2.45) is 0 Å². The third kappa shape index (κ3) is 6.80. The first kappa shape index (κ1) is 27.6. The van der Waals surface area contributed by atoms with E-state index in [4.69, 9.17) is 9.72 Å². The zero-order valence-electron chi connectivity index (χ0n) is 22.7. The first-order chi connectivity index (χ1) is 18.8. The minimum Gasteiger partial charge on any atom is -0.370 e. The van der Waals surface area contributed by atoms with Gasteiger partial charge in [0, 0.05) is 23.9 Å². The largest absolute Gasteiger partial charge is 0.370 e. The molecule has 204 valence electrons. The zero-order chi connectivity index (χ0) is 27.4. The normalized spacial score (nSPS) is 15.2. The summed E-state index contributed by atoms with van der Waals surface area (Å²) in [6, 6.07) is 20.5. The number of aromatic nitrogens is 2. The second kappa shape index (κ2) is 12.1. The van der Waals surface area contributed by atoms with Crippen LogP contribution in [0.5, 0.6) is 0 Å². The van der Waals surface area contributed by atoms with E-state index < -0.39 is 0 Å². The van der Waals surface area contributed by atoms with Crippen LogP contribution in [0.15, 0.2) is 70.6 Å². The maximum absolute atomic E-state index is 13.9. The number of carbonyl (C=O) groups excluding carboxylic acids is 1. The SMILES string of the molecule is C[C@H](CCc1ccccc1)NC(=O)CSc1nc2sc3c(c2c(=O)n1CCc1ccccc1)CC(C)(C)OC3. The summed E-state index contributed by atoms with van der Waals surface area (Å²) in [6.07, 6.45) is 3.18. The lowest BCUT2D eigenvalue weighted by molar-refractivity contribution is -0.119. The Hall–Kier alpha value is -2.94. The maximum Gasteiger partial charge on any atom is 0.263 e. The Morgan fingerprint density at radius 1 is 1.10 bits per heavy atom. The van der Waals surface area contributed by atoms with Crippen molar-refractivity contribution >= 4 is 39.2 Å². The molecule has 1 aliphatic heterocycles. The van der Waals surface area contributed by atoms with E-state index in [-0.39, 0.29) is 28.9 Å². The van der Waals surface area contributed by atoms with Crippen LogP contribution >= 0.6 is 23.1 Å². The fraction of sp³-hybridized carbons (Fsp3) is 0.387. The number of fused-ring (bicyclic) bond motifs is 3. The molecule has 2 aromatic heterocycles. The molecular weight excluding hydrogens is 526 g/mol. The smallest absolute Gasteiger partial charge is 0.263 e. The molecule has 0 saturated carbocycles. The highest BCUT2D eigenvalue weighted by Crippen LogP contribution is 2.37. The average Bonchev–Trinajstić information content (AvgIpc) is 3.28. The number of amides is 1. The lowest BCUT2D eigenvalue weighted by atomic mass is 9.94. The molecule has 0 fully saturated rings. The van der Waals surface area contributed by atoms with Crippen molar-refractivity contribution in [3.8, 4) is 0 Å². The molecule has 8 heteroatoms. The summed E-state index contributed by atoms with van der Waals surface area (Å²) in [5, 5.41) is 4.41. The molecule has 1 N–H and O–H groups in total. The summed E-state index contributed by atoms with van der Waals surface area (Å²) >= 11 is 2.87. The van der Waals surface area contributed by atoms with E-state index >= 15 is 0 Å². The van der Waals surface area contributed by atoms with E-state index in [1.807, 2.05) is 43.3 Å². The van der Waals surface area contributed by atoms with Crippen LogP contribution in [-0.2, 0) is 41.9 Å². The fourth-order valence-corrected chi connectivity index (χ4v) is 6.93. The van der Waals surface area contributed by atoms with Gasteiger partial charge in [-0.2, -0.15) is 0 Å². The molecule has 0 aliphatic carbocycles. The van der Waals surface area contributed by atoms with Gasteiger partial charge in [0.25, 0.3) is 5.56 Å². The van der Waals surface area contributed by atoms with Crippen LogP contribution in [0.2, 0.25) is 0 Å². The number of aryl methyl sites for hydroxylation is 2. The minimum atomic E-state index is -0.314. The summed E-state index contributed by atoms with van der Waals surface area (Å²) in [5.74, 6) is 0.158. The van der Waals surface area contributed by atoms with Gasteiger partial charge in [-0.1, -0.05) is 72.4 Å². The molecule has 3 heterocycles. The van der Waals surface area contributed by atoms with Gasteiger partial charge >= 0.3 is 0 Å². The standard InChI is InChI=1S/C31H35N3O3S2/c1-21(14-15-22-10-6-4-7-11-22)32-26(35)20-38-30-33-28-27(24-18-31(2,3)37-19-25(24)39-28)29(36)34(30)17-16-23-12-8-5-9-13-23/h4-13,21H,14-20H2,1-3H3,(H,32,35)/t21-/m1/s1. The Balaban J connectivity index is 1.34. The minimum absolute atomic E-state index is 0.0229. The number of nitrogens with zero attached hydrogens (tertiary/aromatic N) is 2. The van der Waals surface area contributed by atoms with Gasteiger partial charge in [0.05, 0.1) is 23.3 Å². The van der Waals surface area contributed by atoms with Crippen LogP contribution in [0, 0.1) is 0 Å². The van der Waals surface area contributed by atoms with Crippen molar-refractivity contribution in [2.45, 2.75) is 76.4 Å². The molecule has 0 spiro atoms. The lowest BCUT2D eigenvalue weighted by Gasteiger charge is -2.29. The van der Waals surface area contributed by atoms with Gasteiger partial charge in [-0.25, -0.2) is 4.98 Å². The Kier molecular flexibility index (Phi) is 8.54. The lowest BCUT2D eigenvalue weighted by Crippen LogP contribution is -2.34. The topological polar surface area (TPSA) is 73.2 Å². The number of thioether (sulfide) groups is 1. The van der Waals surface area contributed by atoms with Crippen molar-refractivity contribution in [2.75, 3.05) is 5.75 Å². The number of hydrogen-bond acceptors (Lipinski definition) is 6. The van der Waals surface area contributed by atoms with E-state index in [0.717, 1.165) is 33.7 Å². The van der Waals surface area contributed by atoms with Crippen molar-refractivity contribution in [1.82, 2.24) is 14.9 Å². The molecule has 39 heavy (non-hydrogen) atoms. The molecule has 1 amide bonds. The van der Waals surface area contributed by atoms with Crippen molar-refractivity contribution in [3.63, 3.8) is 0 Å². The van der Waals surface area contributed by atoms with Crippen molar-refractivity contribution in [3.05, 3.63) is 92.6 Å². The predicted molar refractivity (Wildman–Crippen MR) is 160 cm³/mol. The Morgan fingerprint density at radius 3 is 2.46 bits per heavy atom. The van der Waals surface area contributed by atoms with E-state index in [0.29, 0.717) is 36.5 Å². The van der Waals surface area contributed by atoms with Crippen LogP contribution in [-0.4, -0.2) is 32.9 Å². The highest BCUT2D eigenvalue weighted by atomic mass is 32.2. The third-order valence-corrected chi connectivity index (χ3v) is 9.15. The van der Waals surface area contributed by atoms with E-state index in [1.165, 1.54) is 28.7 Å². The van der Waals surface area contributed by atoms with Crippen LogP contribution in [0.4, 0.5) is 0 Å². The van der Waals surface area contributed by atoms with Gasteiger partial charge in [0.15, 0.2) is 5.16 Å². The number of thiophene rings is 1. The quantitative estimate of drug-likeness (QED) is 0.196. The molecule has 0 bridgehead atoms. The zero-order valence-corrected chi connectivity index (χ0v) is 24.4. The number of ether oxygens (including phenoxy) is 1. The van der Waals surface area contributed by atoms with Crippen LogP contribution in [0.3, 0.4) is 0 Å². The highest BCUT2D eigenvalue weighted by Gasteiger charge is 2.31. The summed E-state index contributed by atoms with van der Waals surface area (Å²) in [7, 11) is 0. The van der Waals surface area contributed by atoms with Gasteiger partial charge in [-0.15, -0.1) is 11.3 Å². The molecule has 1 atom stereocenters. The summed E-state index contributed by atoms with van der Waals surface area (Å²) < 4.78 is 7.77. The van der Waals surface area contributed by atoms with E-state index in [1.54, 1.807) is 4.57 Å². The molecule has 2 aromatic carbocycles. The first-order valence-electron chi connectivity index (χ1n) is 13.5. The molecule has 0 radical (unpaired) electrons. The highest BCUT2D eigenvalue weighted by molar-refractivity contribution is 7.99.